The van der Waals surface area contributed by atoms with Gasteiger partial charge in [0.2, 0.25) is 0 Å². The lowest BCUT2D eigenvalue weighted by Gasteiger charge is -2.11. The normalized spacial score (nSPS) is 11.0. The summed E-state index contributed by atoms with van der Waals surface area (Å²) in [6.45, 7) is 6.34. The quantitative estimate of drug-likeness (QED) is 0.386. The molecule has 0 aliphatic heterocycles. The van der Waals surface area contributed by atoms with Crippen molar-refractivity contribution in [3.63, 3.8) is 0 Å². The first-order valence-electron chi connectivity index (χ1n) is 9.38. The summed E-state index contributed by atoms with van der Waals surface area (Å²) in [5.74, 6) is 1.74. The highest BCUT2D eigenvalue weighted by Gasteiger charge is 2.16. The summed E-state index contributed by atoms with van der Waals surface area (Å²) >= 11 is 1.72. The van der Waals surface area contributed by atoms with Crippen LogP contribution in [0.25, 0.3) is 17.1 Å². The fourth-order valence-corrected chi connectivity index (χ4v) is 4.18. The predicted octanol–water partition coefficient (Wildman–Crippen LogP) is 6.15. The average Bonchev–Trinajstić information content (AvgIpc) is 3.10. The van der Waals surface area contributed by atoms with Crippen molar-refractivity contribution in [2.24, 2.45) is 0 Å². The lowest BCUT2D eigenvalue weighted by molar-refractivity contribution is 0.885. The molecule has 1 heterocycles. The molecular formula is C24H23N3S. The maximum atomic E-state index is 4.56. The molecule has 0 aliphatic rings. The van der Waals surface area contributed by atoms with Crippen LogP contribution in [0.4, 0.5) is 0 Å². The topological polar surface area (TPSA) is 30.7 Å². The Labute approximate surface area is 170 Å². The van der Waals surface area contributed by atoms with E-state index in [-0.39, 0.29) is 0 Å². The molecule has 0 saturated heterocycles. The van der Waals surface area contributed by atoms with Crippen LogP contribution in [-0.2, 0) is 5.75 Å². The SMILES string of the molecule is Cc1cccc(CSc2nnc(-c3cccc(C)c3)n2-c2cccc(C)c2)c1. The second-order valence-electron chi connectivity index (χ2n) is 7.13. The standard InChI is InChI=1S/C24H23N3S/c1-17-7-4-10-20(13-17)16-28-24-26-25-23(21-11-5-8-18(2)14-21)27(24)22-12-6-9-19(3)15-22/h4-15H,16H2,1-3H3. The molecule has 0 N–H and O–H groups in total. The van der Waals surface area contributed by atoms with Crippen molar-refractivity contribution in [1.29, 1.82) is 0 Å². The van der Waals surface area contributed by atoms with Crippen LogP contribution in [-0.4, -0.2) is 14.8 Å². The lowest BCUT2D eigenvalue weighted by atomic mass is 10.1. The molecule has 0 fully saturated rings. The molecule has 3 aromatic carbocycles. The van der Waals surface area contributed by atoms with E-state index >= 15 is 0 Å². The highest BCUT2D eigenvalue weighted by atomic mass is 32.2. The first-order chi connectivity index (χ1) is 13.6. The molecule has 28 heavy (non-hydrogen) atoms. The Kier molecular flexibility index (Phi) is 5.31. The zero-order valence-electron chi connectivity index (χ0n) is 16.4. The van der Waals surface area contributed by atoms with E-state index in [4.69, 9.17) is 0 Å². The second-order valence-corrected chi connectivity index (χ2v) is 8.07. The van der Waals surface area contributed by atoms with E-state index in [1.165, 1.54) is 22.3 Å². The van der Waals surface area contributed by atoms with Gasteiger partial charge in [0, 0.05) is 17.0 Å². The number of hydrogen-bond acceptors (Lipinski definition) is 3. The van der Waals surface area contributed by atoms with Crippen LogP contribution in [0, 0.1) is 20.8 Å². The summed E-state index contributed by atoms with van der Waals surface area (Å²) in [6.07, 6.45) is 0. The van der Waals surface area contributed by atoms with Crippen molar-refractivity contribution < 1.29 is 0 Å². The molecule has 0 amide bonds. The third-order valence-corrected chi connectivity index (χ3v) is 5.62. The van der Waals surface area contributed by atoms with E-state index in [9.17, 15) is 0 Å². The number of aryl methyl sites for hydroxylation is 3. The molecule has 4 rings (SSSR count). The summed E-state index contributed by atoms with van der Waals surface area (Å²) in [6, 6.07) is 25.5. The number of nitrogens with zero attached hydrogens (tertiary/aromatic N) is 3. The monoisotopic (exact) mass is 385 g/mol. The van der Waals surface area contributed by atoms with Crippen molar-refractivity contribution in [2.45, 2.75) is 31.7 Å². The van der Waals surface area contributed by atoms with Crippen LogP contribution in [0.5, 0.6) is 0 Å². The van der Waals surface area contributed by atoms with Gasteiger partial charge < -0.3 is 0 Å². The fourth-order valence-electron chi connectivity index (χ4n) is 3.28. The van der Waals surface area contributed by atoms with E-state index in [2.05, 4.69) is 108 Å². The summed E-state index contributed by atoms with van der Waals surface area (Å²) in [4.78, 5) is 0. The van der Waals surface area contributed by atoms with Gasteiger partial charge >= 0.3 is 0 Å². The van der Waals surface area contributed by atoms with Gasteiger partial charge in [-0.2, -0.15) is 0 Å². The fraction of sp³-hybridized carbons (Fsp3) is 0.167. The maximum absolute atomic E-state index is 4.56. The van der Waals surface area contributed by atoms with Crippen molar-refractivity contribution >= 4 is 11.8 Å². The zero-order valence-corrected chi connectivity index (χ0v) is 17.2. The Morgan fingerprint density at radius 3 is 2.14 bits per heavy atom. The van der Waals surface area contributed by atoms with Gasteiger partial charge in [-0.1, -0.05) is 77.5 Å². The lowest BCUT2D eigenvalue weighted by Crippen LogP contribution is -2.00. The van der Waals surface area contributed by atoms with Crippen molar-refractivity contribution in [3.05, 3.63) is 95.1 Å². The number of rotatable bonds is 5. The highest BCUT2D eigenvalue weighted by Crippen LogP contribution is 2.30. The minimum Gasteiger partial charge on any atom is -0.270 e. The molecule has 0 saturated carbocycles. The van der Waals surface area contributed by atoms with Gasteiger partial charge in [-0.25, -0.2) is 0 Å². The summed E-state index contributed by atoms with van der Waals surface area (Å²) in [5, 5.41) is 10.0. The summed E-state index contributed by atoms with van der Waals surface area (Å²) in [5.41, 5.74) is 7.17. The first kappa shape index (κ1) is 18.5. The van der Waals surface area contributed by atoms with Gasteiger partial charge in [-0.15, -0.1) is 10.2 Å². The van der Waals surface area contributed by atoms with E-state index in [0.29, 0.717) is 0 Å². The van der Waals surface area contributed by atoms with Gasteiger partial charge in [0.1, 0.15) is 0 Å². The summed E-state index contributed by atoms with van der Waals surface area (Å²) < 4.78 is 2.17. The first-order valence-corrected chi connectivity index (χ1v) is 10.4. The smallest absolute Gasteiger partial charge is 0.196 e. The van der Waals surface area contributed by atoms with Gasteiger partial charge in [-0.3, -0.25) is 4.57 Å². The Balaban J connectivity index is 1.76. The van der Waals surface area contributed by atoms with Gasteiger partial charge in [0.25, 0.3) is 0 Å². The van der Waals surface area contributed by atoms with E-state index in [1.807, 2.05) is 0 Å². The van der Waals surface area contributed by atoms with E-state index in [1.54, 1.807) is 11.8 Å². The molecule has 0 atom stereocenters. The van der Waals surface area contributed by atoms with Gasteiger partial charge in [0.15, 0.2) is 11.0 Å². The molecular weight excluding hydrogens is 362 g/mol. The minimum absolute atomic E-state index is 0.861. The third-order valence-electron chi connectivity index (χ3n) is 4.62. The molecule has 4 heteroatoms. The number of thioether (sulfide) groups is 1. The summed E-state index contributed by atoms with van der Waals surface area (Å²) in [7, 11) is 0. The Morgan fingerprint density at radius 2 is 1.43 bits per heavy atom. The molecule has 4 aromatic rings. The molecule has 0 aliphatic carbocycles. The van der Waals surface area contributed by atoms with Crippen molar-refractivity contribution in [2.75, 3.05) is 0 Å². The van der Waals surface area contributed by atoms with Crippen LogP contribution >= 0.6 is 11.8 Å². The molecule has 0 bridgehead atoms. The molecule has 1 aromatic heterocycles. The second kappa shape index (κ2) is 8.03. The van der Waals surface area contributed by atoms with E-state index < -0.39 is 0 Å². The minimum atomic E-state index is 0.861. The largest absolute Gasteiger partial charge is 0.270 e. The van der Waals surface area contributed by atoms with Crippen LogP contribution in [0.3, 0.4) is 0 Å². The predicted molar refractivity (Wildman–Crippen MR) is 117 cm³/mol. The average molecular weight is 386 g/mol. The van der Waals surface area contributed by atoms with Gasteiger partial charge in [-0.05, 0) is 50.1 Å². The Hall–Kier alpha value is -2.85. The zero-order chi connectivity index (χ0) is 19.5. The third kappa shape index (κ3) is 4.02. The van der Waals surface area contributed by atoms with E-state index in [0.717, 1.165) is 28.0 Å². The Morgan fingerprint density at radius 1 is 0.750 bits per heavy atom. The van der Waals surface area contributed by atoms with Crippen LogP contribution < -0.4 is 0 Å². The van der Waals surface area contributed by atoms with Crippen molar-refractivity contribution in [3.8, 4) is 17.1 Å². The molecule has 3 nitrogen and oxygen atoms in total. The molecule has 0 unspecified atom stereocenters. The van der Waals surface area contributed by atoms with Gasteiger partial charge in [0.05, 0.1) is 0 Å². The number of benzene rings is 3. The highest BCUT2D eigenvalue weighted by molar-refractivity contribution is 7.98. The van der Waals surface area contributed by atoms with Crippen molar-refractivity contribution in [1.82, 2.24) is 14.8 Å². The molecule has 140 valence electrons. The van der Waals surface area contributed by atoms with Crippen LogP contribution in [0.1, 0.15) is 22.3 Å². The molecule has 0 radical (unpaired) electrons. The van der Waals surface area contributed by atoms with Crippen LogP contribution in [0.2, 0.25) is 0 Å². The maximum Gasteiger partial charge on any atom is 0.196 e. The number of aromatic nitrogens is 3. The Bertz CT molecular complexity index is 1110. The number of hydrogen-bond donors (Lipinski definition) is 0. The molecule has 0 spiro atoms. The van der Waals surface area contributed by atoms with Crippen LogP contribution in [0.15, 0.2) is 78.0 Å².